The van der Waals surface area contributed by atoms with Gasteiger partial charge in [-0.1, -0.05) is 60.1 Å². The highest BCUT2D eigenvalue weighted by molar-refractivity contribution is 5.43. The van der Waals surface area contributed by atoms with Crippen molar-refractivity contribution in [3.05, 3.63) is 109 Å². The van der Waals surface area contributed by atoms with Crippen molar-refractivity contribution in [2.75, 3.05) is 21.3 Å². The van der Waals surface area contributed by atoms with Crippen molar-refractivity contribution < 1.29 is 29.5 Å². The zero-order valence-electron chi connectivity index (χ0n) is 21.2. The van der Waals surface area contributed by atoms with Gasteiger partial charge in [0.25, 0.3) is 0 Å². The molecular weight excluding hydrogens is 456 g/mol. The van der Waals surface area contributed by atoms with E-state index in [-0.39, 0.29) is 17.2 Å². The van der Waals surface area contributed by atoms with Crippen LogP contribution in [0.25, 0.3) is 0 Å². The van der Waals surface area contributed by atoms with Crippen molar-refractivity contribution in [1.82, 2.24) is 0 Å². The van der Waals surface area contributed by atoms with Crippen LogP contribution in [0.5, 0.6) is 34.5 Å². The molecule has 6 heteroatoms. The molecule has 192 valence electrons. The Hall–Kier alpha value is -4.32. The fourth-order valence-corrected chi connectivity index (χ4v) is 3.03. The standard InChI is InChI=1S/3C10H12O2/c3*1-3-4-8-5-6-9(11)10(7-8)12-2/h3*3,5-7,11H,1,4H2,2H3/p-2. The number of rotatable bonds is 9. The van der Waals surface area contributed by atoms with Crippen LogP contribution < -0.4 is 24.4 Å². The Labute approximate surface area is 214 Å². The lowest BCUT2D eigenvalue weighted by Crippen LogP contribution is -1.95. The Bertz CT molecular complexity index is 979. The monoisotopic (exact) mass is 490 g/mol. The Morgan fingerprint density at radius 1 is 0.611 bits per heavy atom. The van der Waals surface area contributed by atoms with E-state index >= 15 is 0 Å². The summed E-state index contributed by atoms with van der Waals surface area (Å²) in [5.41, 5.74) is 3.17. The van der Waals surface area contributed by atoms with Gasteiger partial charge in [0.05, 0.1) is 21.3 Å². The van der Waals surface area contributed by atoms with Crippen LogP contribution in [-0.4, -0.2) is 26.4 Å². The third-order valence-electron chi connectivity index (χ3n) is 4.84. The van der Waals surface area contributed by atoms with Crippen molar-refractivity contribution in [3.8, 4) is 34.5 Å². The fraction of sp³-hybridized carbons (Fsp3) is 0.200. The average molecular weight is 491 g/mol. The molecule has 3 aromatic rings. The summed E-state index contributed by atoms with van der Waals surface area (Å²) >= 11 is 0. The van der Waals surface area contributed by atoms with Crippen LogP contribution >= 0.6 is 0 Å². The van der Waals surface area contributed by atoms with Gasteiger partial charge >= 0.3 is 0 Å². The van der Waals surface area contributed by atoms with Crippen molar-refractivity contribution in [3.63, 3.8) is 0 Å². The molecule has 6 nitrogen and oxygen atoms in total. The van der Waals surface area contributed by atoms with Gasteiger partial charge in [-0.05, 0) is 60.2 Å². The van der Waals surface area contributed by atoms with E-state index in [0.29, 0.717) is 17.2 Å². The smallest absolute Gasteiger partial charge is 0.160 e. The Morgan fingerprint density at radius 2 is 0.944 bits per heavy atom. The largest absolute Gasteiger partial charge is 0.870 e. The first-order valence-corrected chi connectivity index (χ1v) is 11.2. The summed E-state index contributed by atoms with van der Waals surface area (Å²) < 4.78 is 14.7. The molecule has 0 atom stereocenters. The van der Waals surface area contributed by atoms with Gasteiger partial charge in [0.1, 0.15) is 11.5 Å². The molecule has 0 aromatic heterocycles. The molecule has 0 saturated carbocycles. The molecule has 1 N–H and O–H groups in total. The highest BCUT2D eigenvalue weighted by Crippen LogP contribution is 2.26. The fourth-order valence-electron chi connectivity index (χ4n) is 3.03. The second kappa shape index (κ2) is 16.3. The molecular formula is C30H34O6-2. The third-order valence-corrected chi connectivity index (χ3v) is 4.84. The molecule has 0 amide bonds. The van der Waals surface area contributed by atoms with E-state index in [2.05, 4.69) is 19.7 Å². The number of hydrogen-bond donors (Lipinski definition) is 1. The molecule has 0 bridgehead atoms. The summed E-state index contributed by atoms with van der Waals surface area (Å²) in [6, 6.07) is 15.3. The Morgan fingerprint density at radius 3 is 1.28 bits per heavy atom. The summed E-state index contributed by atoms with van der Waals surface area (Å²) in [7, 11) is 4.52. The molecule has 0 spiro atoms. The first-order valence-electron chi connectivity index (χ1n) is 11.2. The minimum absolute atomic E-state index is 0.0784. The minimum atomic E-state index is -0.0784. The summed E-state index contributed by atoms with van der Waals surface area (Å²) in [5.74, 6) is 1.32. The van der Waals surface area contributed by atoms with Gasteiger partial charge in [0.15, 0.2) is 11.5 Å². The van der Waals surface area contributed by atoms with Crippen molar-refractivity contribution in [2.24, 2.45) is 0 Å². The summed E-state index contributed by atoms with van der Waals surface area (Å²) in [5, 5.41) is 31.4. The number of benzene rings is 3. The van der Waals surface area contributed by atoms with E-state index in [4.69, 9.17) is 14.2 Å². The number of allylic oxidation sites excluding steroid dienone is 3. The third kappa shape index (κ3) is 9.89. The van der Waals surface area contributed by atoms with E-state index in [1.807, 2.05) is 12.1 Å². The maximum absolute atomic E-state index is 11.1. The van der Waals surface area contributed by atoms with Gasteiger partial charge < -0.3 is 29.5 Å². The van der Waals surface area contributed by atoms with Gasteiger partial charge in [0.2, 0.25) is 0 Å². The Kier molecular flexibility index (Phi) is 13.5. The van der Waals surface area contributed by atoms with E-state index in [9.17, 15) is 15.3 Å². The zero-order valence-corrected chi connectivity index (χ0v) is 21.2. The van der Waals surface area contributed by atoms with Crippen molar-refractivity contribution >= 4 is 0 Å². The topological polar surface area (TPSA) is 94.0 Å². The van der Waals surface area contributed by atoms with E-state index in [1.165, 1.54) is 33.5 Å². The van der Waals surface area contributed by atoms with Crippen molar-refractivity contribution in [1.29, 1.82) is 0 Å². The van der Waals surface area contributed by atoms with E-state index in [0.717, 1.165) is 36.0 Å². The number of phenolic OH excluding ortho intramolecular Hbond substituents is 1. The maximum atomic E-state index is 11.1. The SMILES string of the molecule is C=CCc1ccc(O)c(OC)c1.C=CCc1ccc([O-])c(OC)c1.C=CCc1ccc([O-])c(OC)c1. The maximum Gasteiger partial charge on any atom is 0.160 e. The van der Waals surface area contributed by atoms with Crippen LogP contribution in [0.3, 0.4) is 0 Å². The Balaban J connectivity index is 0.000000270. The van der Waals surface area contributed by atoms with Crippen LogP contribution in [-0.2, 0) is 19.3 Å². The lowest BCUT2D eigenvalue weighted by atomic mass is 10.1. The van der Waals surface area contributed by atoms with Crippen LogP contribution in [0.15, 0.2) is 92.6 Å². The van der Waals surface area contributed by atoms with Gasteiger partial charge in [-0.25, -0.2) is 0 Å². The molecule has 0 saturated heterocycles. The number of aromatic hydroxyl groups is 1. The lowest BCUT2D eigenvalue weighted by molar-refractivity contribution is -0.270. The number of hydrogen-bond acceptors (Lipinski definition) is 6. The molecule has 0 aliphatic heterocycles. The second-order valence-electron chi connectivity index (χ2n) is 7.46. The predicted octanol–water partition coefficient (Wildman–Crippen LogP) is 5.12. The van der Waals surface area contributed by atoms with Gasteiger partial charge in [0, 0.05) is 0 Å². The zero-order chi connectivity index (χ0) is 26.9. The molecule has 0 unspecified atom stereocenters. The highest BCUT2D eigenvalue weighted by atomic mass is 16.5. The lowest BCUT2D eigenvalue weighted by Gasteiger charge is -2.12. The molecule has 0 heterocycles. The van der Waals surface area contributed by atoms with Gasteiger partial charge in [-0.3, -0.25) is 0 Å². The minimum Gasteiger partial charge on any atom is -0.870 e. The molecule has 3 aromatic carbocycles. The highest BCUT2D eigenvalue weighted by Gasteiger charge is 2.00. The summed E-state index contributed by atoms with van der Waals surface area (Å²) in [4.78, 5) is 0. The molecule has 36 heavy (non-hydrogen) atoms. The first kappa shape index (κ1) is 29.7. The quantitative estimate of drug-likeness (QED) is 0.418. The van der Waals surface area contributed by atoms with E-state index in [1.54, 1.807) is 48.6 Å². The van der Waals surface area contributed by atoms with Crippen LogP contribution in [0.4, 0.5) is 0 Å². The molecule has 0 fully saturated rings. The molecule has 3 rings (SSSR count). The van der Waals surface area contributed by atoms with Gasteiger partial charge in [-0.15, -0.1) is 19.7 Å². The summed E-state index contributed by atoms with van der Waals surface area (Å²) in [6.45, 7) is 10.9. The number of phenols is 1. The van der Waals surface area contributed by atoms with E-state index < -0.39 is 0 Å². The predicted molar refractivity (Wildman–Crippen MR) is 141 cm³/mol. The molecule has 0 aliphatic carbocycles. The van der Waals surface area contributed by atoms with Crippen LogP contribution in [0.1, 0.15) is 16.7 Å². The second-order valence-corrected chi connectivity index (χ2v) is 7.46. The number of methoxy groups -OCH3 is 3. The first-order chi connectivity index (χ1) is 17.3. The molecule has 0 aliphatic rings. The molecule has 0 radical (unpaired) electrons. The normalized spacial score (nSPS) is 9.42. The van der Waals surface area contributed by atoms with Crippen molar-refractivity contribution in [2.45, 2.75) is 19.3 Å². The van der Waals surface area contributed by atoms with Gasteiger partial charge in [-0.2, -0.15) is 0 Å². The van der Waals surface area contributed by atoms with Crippen LogP contribution in [0, 0.1) is 0 Å². The average Bonchev–Trinajstić information content (AvgIpc) is 2.88. The number of ether oxygens (including phenoxy) is 3. The summed E-state index contributed by atoms with van der Waals surface area (Å²) in [6.07, 6.45) is 7.70. The van der Waals surface area contributed by atoms with Crippen LogP contribution in [0.2, 0.25) is 0 Å².